The summed E-state index contributed by atoms with van der Waals surface area (Å²) in [6, 6.07) is 19.1. The summed E-state index contributed by atoms with van der Waals surface area (Å²) in [6.45, 7) is 2.63. The van der Waals surface area contributed by atoms with Gasteiger partial charge in [0.15, 0.2) is 0 Å². The first kappa shape index (κ1) is 27.8. The number of likely N-dealkylation sites (tertiary alicyclic amines) is 1. The fourth-order valence-corrected chi connectivity index (χ4v) is 7.00. The first-order chi connectivity index (χ1) is 18.9. The Labute approximate surface area is 241 Å². The van der Waals surface area contributed by atoms with Gasteiger partial charge in [0.05, 0.1) is 17.0 Å². The van der Waals surface area contributed by atoms with Crippen molar-refractivity contribution in [2.45, 2.75) is 68.2 Å². The molecule has 2 N–H and O–H groups in total. The lowest BCUT2D eigenvalue weighted by atomic mass is 9.72. The van der Waals surface area contributed by atoms with Gasteiger partial charge in [-0.05, 0) is 79.7 Å². The Kier molecular flexibility index (Phi) is 8.97. The normalized spacial score (nSPS) is 21.8. The van der Waals surface area contributed by atoms with Crippen molar-refractivity contribution in [2.24, 2.45) is 0 Å². The average Bonchev–Trinajstić information content (AvgIpc) is 2.96. The highest BCUT2D eigenvalue weighted by Crippen LogP contribution is 2.38. The van der Waals surface area contributed by atoms with E-state index in [0.29, 0.717) is 35.3 Å². The number of amides is 2. The smallest absolute Gasteiger partial charge is 0.319 e. The Bertz CT molecular complexity index is 1270. The zero-order chi connectivity index (χ0) is 27.2. The number of urea groups is 1. The molecule has 2 fully saturated rings. The summed E-state index contributed by atoms with van der Waals surface area (Å²) in [5.74, 6) is 0. The second-order valence-corrected chi connectivity index (χ2v) is 12.2. The Balaban J connectivity index is 1.32. The summed E-state index contributed by atoms with van der Waals surface area (Å²) < 4.78 is 0. The Morgan fingerprint density at radius 3 is 2.49 bits per heavy atom. The van der Waals surface area contributed by atoms with Gasteiger partial charge < -0.3 is 15.5 Å². The van der Waals surface area contributed by atoms with E-state index in [1.54, 1.807) is 6.08 Å². The van der Waals surface area contributed by atoms with Gasteiger partial charge in [0, 0.05) is 35.2 Å². The van der Waals surface area contributed by atoms with Crippen molar-refractivity contribution >= 4 is 29.2 Å². The number of nitrogens with zero attached hydrogens (tertiary/aromatic N) is 2. The molecule has 39 heavy (non-hydrogen) atoms. The van der Waals surface area contributed by atoms with E-state index in [1.807, 2.05) is 30.3 Å². The summed E-state index contributed by atoms with van der Waals surface area (Å²) in [5.41, 5.74) is 4.49. The maximum Gasteiger partial charge on any atom is 0.319 e. The van der Waals surface area contributed by atoms with E-state index in [9.17, 15) is 10.1 Å². The highest BCUT2D eigenvalue weighted by Gasteiger charge is 2.38. The fraction of sp³-hybridized carbons (Fsp3) is 0.438. The van der Waals surface area contributed by atoms with Gasteiger partial charge in [-0.1, -0.05) is 67.3 Å². The maximum atomic E-state index is 12.9. The molecule has 1 unspecified atom stereocenters. The quantitative estimate of drug-likeness (QED) is 0.365. The van der Waals surface area contributed by atoms with Crippen molar-refractivity contribution in [1.29, 1.82) is 5.26 Å². The minimum absolute atomic E-state index is 0.154. The fourth-order valence-electron chi connectivity index (χ4n) is 6.33. The molecule has 2 amide bonds. The third kappa shape index (κ3) is 6.87. The van der Waals surface area contributed by atoms with Crippen molar-refractivity contribution in [3.05, 3.63) is 82.5 Å². The van der Waals surface area contributed by atoms with E-state index in [2.05, 4.69) is 45.9 Å². The molecule has 1 heterocycles. The average molecular weight is 564 g/mol. The molecule has 204 valence electrons. The molecule has 1 aliphatic heterocycles. The number of carbonyl (C=O) groups is 1. The van der Waals surface area contributed by atoms with Gasteiger partial charge in [-0.15, -0.1) is 11.6 Å². The van der Waals surface area contributed by atoms with Gasteiger partial charge in [0.25, 0.3) is 0 Å². The number of piperidine rings is 1. The van der Waals surface area contributed by atoms with Crippen LogP contribution in [0.15, 0.2) is 71.4 Å². The highest BCUT2D eigenvalue weighted by molar-refractivity contribution is 6.31. The second-order valence-electron chi connectivity index (χ2n) is 11.1. The molecule has 2 aliphatic carbocycles. The molecule has 1 saturated carbocycles. The molecule has 0 radical (unpaired) electrons. The molecule has 2 aromatic rings. The van der Waals surface area contributed by atoms with Gasteiger partial charge in [0.2, 0.25) is 0 Å². The molecule has 3 aliphatic rings. The van der Waals surface area contributed by atoms with E-state index in [4.69, 9.17) is 23.2 Å². The van der Waals surface area contributed by atoms with Crippen molar-refractivity contribution < 1.29 is 4.79 Å². The Morgan fingerprint density at radius 1 is 1.05 bits per heavy atom. The molecule has 5 nitrogen and oxygen atoms in total. The molecule has 0 aromatic heterocycles. The lowest BCUT2D eigenvalue weighted by Crippen LogP contribution is -2.52. The predicted molar refractivity (Wildman–Crippen MR) is 159 cm³/mol. The van der Waals surface area contributed by atoms with Crippen molar-refractivity contribution in [3.8, 4) is 17.2 Å². The van der Waals surface area contributed by atoms with Gasteiger partial charge >= 0.3 is 6.03 Å². The summed E-state index contributed by atoms with van der Waals surface area (Å²) in [7, 11) is 0. The lowest BCUT2D eigenvalue weighted by Gasteiger charge is -2.46. The zero-order valence-corrected chi connectivity index (χ0v) is 23.8. The van der Waals surface area contributed by atoms with E-state index in [1.165, 1.54) is 37.7 Å². The monoisotopic (exact) mass is 562 g/mol. The molecule has 1 atom stereocenters. The molecule has 2 aromatic carbocycles. The summed E-state index contributed by atoms with van der Waals surface area (Å²) in [4.78, 5) is 15.6. The minimum atomic E-state index is -0.244. The number of nitriles is 1. The van der Waals surface area contributed by atoms with Crippen LogP contribution in [-0.2, 0) is 5.41 Å². The van der Waals surface area contributed by atoms with Crippen LogP contribution in [0.25, 0.3) is 11.1 Å². The number of alkyl halides is 1. The number of halogens is 2. The standard InChI is InChI=1S/C32H36Cl2N4O/c33-27-18-28(34)20-29(19-27)37-31(39)36-22-32(13-15-38(16-14-32)30-7-2-1-3-8-30)26-11-9-24(10-12-26)25-6-4-5-23(17-25)21-35/h4-6,9-12,17,19-20,27,30H,1-3,7-8,13-16,18,22H2,(H2,36,37,39). The van der Waals surface area contributed by atoms with Crippen LogP contribution in [0.4, 0.5) is 4.79 Å². The predicted octanol–water partition coefficient (Wildman–Crippen LogP) is 7.21. The van der Waals surface area contributed by atoms with Crippen LogP contribution in [0.5, 0.6) is 0 Å². The molecule has 5 rings (SSSR count). The van der Waals surface area contributed by atoms with E-state index in [-0.39, 0.29) is 16.8 Å². The van der Waals surface area contributed by atoms with Gasteiger partial charge in [0.1, 0.15) is 0 Å². The SMILES string of the molecule is N#Cc1cccc(-c2ccc(C3(CNC(=O)NC4=CC(Cl)CC(Cl)=C4)CCN(C4CCCCC4)CC3)cc2)c1. The maximum absolute atomic E-state index is 12.9. The van der Waals surface area contributed by atoms with Crippen LogP contribution in [0.1, 0.15) is 62.5 Å². The van der Waals surface area contributed by atoms with E-state index < -0.39 is 0 Å². The number of benzene rings is 2. The molecule has 7 heteroatoms. The largest absolute Gasteiger partial charge is 0.337 e. The molecule has 0 bridgehead atoms. The van der Waals surface area contributed by atoms with Crippen molar-refractivity contribution in [1.82, 2.24) is 15.5 Å². The van der Waals surface area contributed by atoms with Crippen LogP contribution in [-0.4, -0.2) is 42.0 Å². The topological polar surface area (TPSA) is 68.2 Å². The van der Waals surface area contributed by atoms with Crippen molar-refractivity contribution in [3.63, 3.8) is 0 Å². The zero-order valence-electron chi connectivity index (χ0n) is 22.3. The molecular formula is C32H36Cl2N4O. The summed E-state index contributed by atoms with van der Waals surface area (Å²) in [5, 5.41) is 15.8. The number of allylic oxidation sites excluding steroid dienone is 3. The molecule has 1 saturated heterocycles. The van der Waals surface area contributed by atoms with Crippen LogP contribution < -0.4 is 10.6 Å². The Morgan fingerprint density at radius 2 is 1.79 bits per heavy atom. The van der Waals surface area contributed by atoms with Crippen LogP contribution in [0.2, 0.25) is 0 Å². The number of carbonyl (C=O) groups excluding carboxylic acids is 1. The Hall–Kier alpha value is -2.78. The third-order valence-corrected chi connectivity index (χ3v) is 9.12. The number of hydrogen-bond acceptors (Lipinski definition) is 3. The van der Waals surface area contributed by atoms with Gasteiger partial charge in [-0.3, -0.25) is 0 Å². The number of rotatable bonds is 6. The van der Waals surface area contributed by atoms with Crippen molar-refractivity contribution in [2.75, 3.05) is 19.6 Å². The molecule has 0 spiro atoms. The minimum Gasteiger partial charge on any atom is -0.337 e. The lowest BCUT2D eigenvalue weighted by molar-refractivity contribution is 0.0923. The highest BCUT2D eigenvalue weighted by atomic mass is 35.5. The second kappa shape index (κ2) is 12.6. The third-order valence-electron chi connectivity index (χ3n) is 8.58. The van der Waals surface area contributed by atoms with Crippen LogP contribution in [0, 0.1) is 11.3 Å². The summed E-state index contributed by atoms with van der Waals surface area (Å²) >= 11 is 12.4. The number of nitrogens with one attached hydrogen (secondary N) is 2. The van der Waals surface area contributed by atoms with E-state index in [0.717, 1.165) is 37.1 Å². The number of hydrogen-bond donors (Lipinski definition) is 2. The van der Waals surface area contributed by atoms with Gasteiger partial charge in [-0.2, -0.15) is 5.26 Å². The first-order valence-electron chi connectivity index (χ1n) is 14.1. The first-order valence-corrected chi connectivity index (χ1v) is 14.9. The van der Waals surface area contributed by atoms with Gasteiger partial charge in [-0.25, -0.2) is 4.79 Å². The summed E-state index contributed by atoms with van der Waals surface area (Å²) in [6.07, 6.45) is 12.8. The van der Waals surface area contributed by atoms with Crippen LogP contribution in [0.3, 0.4) is 0 Å². The van der Waals surface area contributed by atoms with E-state index >= 15 is 0 Å². The molecular weight excluding hydrogens is 527 g/mol. The van der Waals surface area contributed by atoms with Crippen LogP contribution >= 0.6 is 23.2 Å².